The van der Waals surface area contributed by atoms with Crippen LogP contribution in [-0.2, 0) is 16.0 Å². The van der Waals surface area contributed by atoms with Gasteiger partial charge in [0.1, 0.15) is 0 Å². The van der Waals surface area contributed by atoms with Gasteiger partial charge in [-0.2, -0.15) is 0 Å². The lowest BCUT2D eigenvalue weighted by Crippen LogP contribution is -2.25. The first-order chi connectivity index (χ1) is 9.37. The van der Waals surface area contributed by atoms with E-state index in [1.54, 1.807) is 6.07 Å². The summed E-state index contributed by atoms with van der Waals surface area (Å²) in [7, 11) is 0. The molecule has 1 aliphatic rings. The average molecular weight is 297 g/mol. The highest BCUT2D eigenvalue weighted by Crippen LogP contribution is 2.33. The van der Waals surface area contributed by atoms with Gasteiger partial charge >= 0.3 is 5.97 Å². The lowest BCUT2D eigenvalue weighted by atomic mass is 9.92. The van der Waals surface area contributed by atoms with E-state index in [4.69, 9.17) is 16.3 Å². The summed E-state index contributed by atoms with van der Waals surface area (Å²) in [5, 5.41) is 10.0. The number of hydrogen-bond acceptors (Lipinski definition) is 2. The standard InChI is InChI=1S/C16H21ClO3/c1-16(2)8-7-13(20-16)10-12(15(18)19)9-11-5-3-4-6-14(11)17/h3-6,12-13H,7-10H2,1-2H3,(H,18,19). The Balaban J connectivity index is 2.02. The van der Waals surface area contributed by atoms with Crippen LogP contribution in [0.25, 0.3) is 0 Å². The second-order valence-corrected chi connectivity index (χ2v) is 6.51. The fraction of sp³-hybridized carbons (Fsp3) is 0.562. The van der Waals surface area contributed by atoms with Crippen LogP contribution < -0.4 is 0 Å². The van der Waals surface area contributed by atoms with E-state index in [1.165, 1.54) is 0 Å². The summed E-state index contributed by atoms with van der Waals surface area (Å²) < 4.78 is 5.90. The summed E-state index contributed by atoms with van der Waals surface area (Å²) in [6.45, 7) is 4.10. The summed E-state index contributed by atoms with van der Waals surface area (Å²) in [5.74, 6) is -1.23. The van der Waals surface area contributed by atoms with E-state index in [1.807, 2.05) is 18.2 Å². The van der Waals surface area contributed by atoms with Gasteiger partial charge in [-0.3, -0.25) is 4.79 Å². The maximum atomic E-state index is 11.5. The van der Waals surface area contributed by atoms with Crippen LogP contribution in [0.4, 0.5) is 0 Å². The summed E-state index contributed by atoms with van der Waals surface area (Å²) in [6.07, 6.45) is 2.95. The highest BCUT2D eigenvalue weighted by atomic mass is 35.5. The number of carboxylic acids is 1. The summed E-state index contributed by atoms with van der Waals surface area (Å²) in [6, 6.07) is 7.42. The Labute approximate surface area is 124 Å². The number of aliphatic carboxylic acids is 1. The van der Waals surface area contributed by atoms with Gasteiger partial charge in [0.05, 0.1) is 17.6 Å². The fourth-order valence-electron chi connectivity index (χ4n) is 2.76. The van der Waals surface area contributed by atoms with E-state index in [0.29, 0.717) is 17.9 Å². The first-order valence-corrected chi connectivity index (χ1v) is 7.39. The molecule has 4 heteroatoms. The van der Waals surface area contributed by atoms with Gasteiger partial charge in [-0.05, 0) is 51.2 Å². The Kier molecular flexibility index (Phi) is 4.71. The number of hydrogen-bond donors (Lipinski definition) is 1. The summed E-state index contributed by atoms with van der Waals surface area (Å²) >= 11 is 6.11. The van der Waals surface area contributed by atoms with E-state index in [2.05, 4.69) is 13.8 Å². The molecule has 0 radical (unpaired) electrons. The average Bonchev–Trinajstić information content (AvgIpc) is 2.70. The molecule has 1 aromatic carbocycles. The van der Waals surface area contributed by atoms with Crippen molar-refractivity contribution in [2.45, 2.75) is 51.2 Å². The minimum Gasteiger partial charge on any atom is -0.481 e. The van der Waals surface area contributed by atoms with Gasteiger partial charge in [-0.25, -0.2) is 0 Å². The normalized spacial score (nSPS) is 22.6. The molecule has 1 fully saturated rings. The molecule has 0 spiro atoms. The molecule has 1 heterocycles. The monoisotopic (exact) mass is 296 g/mol. The molecule has 0 bridgehead atoms. The second-order valence-electron chi connectivity index (χ2n) is 6.10. The number of carboxylic acid groups (broad SMARTS) is 1. The highest BCUT2D eigenvalue weighted by molar-refractivity contribution is 6.31. The Morgan fingerprint density at radius 2 is 2.20 bits per heavy atom. The van der Waals surface area contributed by atoms with E-state index in [9.17, 15) is 9.90 Å². The van der Waals surface area contributed by atoms with Crippen molar-refractivity contribution < 1.29 is 14.6 Å². The molecule has 0 amide bonds. The van der Waals surface area contributed by atoms with Crippen molar-refractivity contribution in [1.29, 1.82) is 0 Å². The van der Waals surface area contributed by atoms with Crippen molar-refractivity contribution in [3.8, 4) is 0 Å². The Bertz CT molecular complexity index is 484. The van der Waals surface area contributed by atoms with E-state index in [-0.39, 0.29) is 11.7 Å². The lowest BCUT2D eigenvalue weighted by molar-refractivity contribution is -0.143. The van der Waals surface area contributed by atoms with Crippen LogP contribution in [-0.4, -0.2) is 22.8 Å². The van der Waals surface area contributed by atoms with Gasteiger partial charge in [0.25, 0.3) is 0 Å². The quantitative estimate of drug-likeness (QED) is 0.895. The minimum absolute atomic E-state index is 0.0357. The van der Waals surface area contributed by atoms with E-state index in [0.717, 1.165) is 18.4 Å². The molecule has 0 saturated carbocycles. The van der Waals surface area contributed by atoms with Crippen molar-refractivity contribution in [2.24, 2.45) is 5.92 Å². The second kappa shape index (κ2) is 6.15. The van der Waals surface area contributed by atoms with Gasteiger partial charge in [0.2, 0.25) is 0 Å². The molecule has 1 saturated heterocycles. The Hall–Kier alpha value is -1.06. The number of carbonyl (C=O) groups is 1. The van der Waals surface area contributed by atoms with Crippen molar-refractivity contribution >= 4 is 17.6 Å². The van der Waals surface area contributed by atoms with E-state index < -0.39 is 11.9 Å². The number of ether oxygens (including phenoxy) is 1. The molecular formula is C16H21ClO3. The summed E-state index contributed by atoms with van der Waals surface area (Å²) in [4.78, 5) is 11.5. The topological polar surface area (TPSA) is 46.5 Å². The smallest absolute Gasteiger partial charge is 0.306 e. The van der Waals surface area contributed by atoms with Crippen LogP contribution in [0.5, 0.6) is 0 Å². The molecule has 0 aromatic heterocycles. The van der Waals surface area contributed by atoms with Crippen LogP contribution in [0.2, 0.25) is 5.02 Å². The molecule has 20 heavy (non-hydrogen) atoms. The minimum atomic E-state index is -0.779. The summed E-state index contributed by atoms with van der Waals surface area (Å²) in [5.41, 5.74) is 0.761. The van der Waals surface area contributed by atoms with E-state index >= 15 is 0 Å². The number of rotatable bonds is 5. The zero-order valence-electron chi connectivity index (χ0n) is 11.9. The highest BCUT2D eigenvalue weighted by Gasteiger charge is 2.34. The van der Waals surface area contributed by atoms with Crippen molar-refractivity contribution in [2.75, 3.05) is 0 Å². The van der Waals surface area contributed by atoms with Crippen molar-refractivity contribution in [1.82, 2.24) is 0 Å². The Morgan fingerprint density at radius 1 is 1.50 bits per heavy atom. The lowest BCUT2D eigenvalue weighted by Gasteiger charge is -2.21. The van der Waals surface area contributed by atoms with Crippen LogP contribution in [0.15, 0.2) is 24.3 Å². The van der Waals surface area contributed by atoms with Gasteiger partial charge in [-0.15, -0.1) is 0 Å². The molecule has 1 N–H and O–H groups in total. The third-order valence-electron chi connectivity index (χ3n) is 3.87. The first-order valence-electron chi connectivity index (χ1n) is 7.01. The predicted molar refractivity (Wildman–Crippen MR) is 79.1 cm³/mol. The van der Waals surface area contributed by atoms with Gasteiger partial charge in [-0.1, -0.05) is 29.8 Å². The van der Waals surface area contributed by atoms with Gasteiger partial charge in [0.15, 0.2) is 0 Å². The number of halogens is 1. The zero-order chi connectivity index (χ0) is 14.8. The zero-order valence-corrected chi connectivity index (χ0v) is 12.7. The molecular weight excluding hydrogens is 276 g/mol. The third-order valence-corrected chi connectivity index (χ3v) is 4.24. The molecule has 1 aromatic rings. The van der Waals surface area contributed by atoms with Gasteiger partial charge in [0, 0.05) is 5.02 Å². The largest absolute Gasteiger partial charge is 0.481 e. The van der Waals surface area contributed by atoms with Crippen LogP contribution in [0, 0.1) is 5.92 Å². The van der Waals surface area contributed by atoms with Crippen LogP contribution in [0.3, 0.4) is 0 Å². The Morgan fingerprint density at radius 3 is 2.75 bits per heavy atom. The van der Waals surface area contributed by atoms with Crippen LogP contribution >= 0.6 is 11.6 Å². The molecule has 3 nitrogen and oxygen atoms in total. The van der Waals surface area contributed by atoms with Gasteiger partial charge < -0.3 is 9.84 Å². The third kappa shape index (κ3) is 3.97. The first kappa shape index (κ1) is 15.3. The molecule has 2 atom stereocenters. The van der Waals surface area contributed by atoms with Crippen molar-refractivity contribution in [3.63, 3.8) is 0 Å². The molecule has 110 valence electrons. The van der Waals surface area contributed by atoms with Crippen molar-refractivity contribution in [3.05, 3.63) is 34.9 Å². The molecule has 1 aliphatic heterocycles. The number of benzene rings is 1. The van der Waals surface area contributed by atoms with Crippen LogP contribution in [0.1, 0.15) is 38.7 Å². The maximum absolute atomic E-state index is 11.5. The molecule has 2 rings (SSSR count). The molecule has 2 unspecified atom stereocenters. The fourth-order valence-corrected chi connectivity index (χ4v) is 2.97. The SMILES string of the molecule is CC1(C)CCC(CC(Cc2ccccc2Cl)C(=O)O)O1. The predicted octanol–water partition coefficient (Wildman–Crippen LogP) is 3.93. The maximum Gasteiger partial charge on any atom is 0.306 e. The molecule has 0 aliphatic carbocycles.